The molecule has 3 rings (SSSR count). The second-order valence-corrected chi connectivity index (χ2v) is 7.17. The summed E-state index contributed by atoms with van der Waals surface area (Å²) >= 11 is 0. The number of amides is 3. The molecule has 0 radical (unpaired) electrons. The van der Waals surface area contributed by atoms with Gasteiger partial charge >= 0.3 is 0 Å². The summed E-state index contributed by atoms with van der Waals surface area (Å²) in [6.07, 6.45) is 1.50. The number of hydrogen-bond donors (Lipinski definition) is 2. The molecule has 0 aliphatic carbocycles. The van der Waals surface area contributed by atoms with Crippen molar-refractivity contribution >= 4 is 34.7 Å². The van der Waals surface area contributed by atoms with Gasteiger partial charge in [0.1, 0.15) is 5.70 Å². The maximum absolute atomic E-state index is 13.1. The van der Waals surface area contributed by atoms with Gasteiger partial charge in [-0.1, -0.05) is 18.2 Å². The molecule has 2 N–H and O–H groups in total. The molecule has 8 heteroatoms. The number of carbonyl (C=O) groups is 3. The van der Waals surface area contributed by atoms with E-state index < -0.39 is 11.8 Å². The third-order valence-electron chi connectivity index (χ3n) is 4.79. The molecule has 1 aliphatic rings. The molecule has 1 heterocycles. The molecule has 0 fully saturated rings. The highest BCUT2D eigenvalue weighted by molar-refractivity contribution is 6.36. The Kier molecular flexibility index (Phi) is 7.50. The Morgan fingerprint density at radius 2 is 1.61 bits per heavy atom. The van der Waals surface area contributed by atoms with Crippen LogP contribution in [0.2, 0.25) is 0 Å². The summed E-state index contributed by atoms with van der Waals surface area (Å²) in [5.74, 6) is 0.0492. The highest BCUT2D eigenvalue weighted by Crippen LogP contribution is 2.34. The van der Waals surface area contributed by atoms with Crippen molar-refractivity contribution in [3.63, 3.8) is 0 Å². The van der Waals surface area contributed by atoms with E-state index in [1.54, 1.807) is 42.5 Å². The average Bonchev–Trinajstić information content (AvgIpc) is 3.00. The van der Waals surface area contributed by atoms with Crippen molar-refractivity contribution in [3.05, 3.63) is 66.4 Å². The molecule has 0 bridgehead atoms. The Labute approximate surface area is 192 Å². The minimum Gasteiger partial charge on any atom is -0.490 e. The molecule has 0 spiro atoms. The van der Waals surface area contributed by atoms with Crippen molar-refractivity contribution in [2.75, 3.05) is 30.4 Å². The van der Waals surface area contributed by atoms with Gasteiger partial charge in [-0.3, -0.25) is 19.3 Å². The fraction of sp³-hybridized carbons (Fsp3) is 0.240. The van der Waals surface area contributed by atoms with E-state index in [0.29, 0.717) is 41.7 Å². The Morgan fingerprint density at radius 1 is 0.970 bits per heavy atom. The van der Waals surface area contributed by atoms with E-state index in [2.05, 4.69) is 17.2 Å². The van der Waals surface area contributed by atoms with E-state index >= 15 is 0 Å². The first-order valence-electron chi connectivity index (χ1n) is 10.7. The van der Waals surface area contributed by atoms with Gasteiger partial charge in [0, 0.05) is 30.9 Å². The molecule has 0 unspecified atom stereocenters. The van der Waals surface area contributed by atoms with Crippen LogP contribution in [0.5, 0.6) is 11.5 Å². The lowest BCUT2D eigenvalue weighted by Gasteiger charge is -2.15. The van der Waals surface area contributed by atoms with Crippen LogP contribution in [-0.2, 0) is 14.4 Å². The predicted molar refractivity (Wildman–Crippen MR) is 127 cm³/mol. The van der Waals surface area contributed by atoms with Gasteiger partial charge in [-0.05, 0) is 43.7 Å². The van der Waals surface area contributed by atoms with E-state index in [0.717, 1.165) is 4.90 Å². The SMILES string of the molecule is C=CCN1C(=O)C(Nc2ccc(OCC)c(OCC)c2)=C(c2ccc(NC(C)=O)cc2)C1=O. The van der Waals surface area contributed by atoms with Crippen LogP contribution < -0.4 is 20.1 Å². The lowest BCUT2D eigenvalue weighted by Crippen LogP contribution is -2.32. The molecule has 0 saturated carbocycles. The first-order chi connectivity index (χ1) is 15.9. The first-order valence-corrected chi connectivity index (χ1v) is 10.7. The van der Waals surface area contributed by atoms with Crippen LogP contribution in [0, 0.1) is 0 Å². The van der Waals surface area contributed by atoms with Gasteiger partial charge in [-0.15, -0.1) is 6.58 Å². The van der Waals surface area contributed by atoms with Gasteiger partial charge in [0.05, 0.1) is 18.8 Å². The molecule has 2 aromatic carbocycles. The third kappa shape index (κ3) is 5.23. The number of hydrogen-bond acceptors (Lipinski definition) is 6. The zero-order valence-corrected chi connectivity index (χ0v) is 18.9. The van der Waals surface area contributed by atoms with Gasteiger partial charge in [0.25, 0.3) is 11.8 Å². The Balaban J connectivity index is 2.02. The van der Waals surface area contributed by atoms with E-state index in [-0.39, 0.29) is 23.7 Å². The molecule has 33 heavy (non-hydrogen) atoms. The van der Waals surface area contributed by atoms with E-state index in [4.69, 9.17) is 9.47 Å². The highest BCUT2D eigenvalue weighted by atomic mass is 16.5. The summed E-state index contributed by atoms with van der Waals surface area (Å²) in [6, 6.07) is 12.0. The van der Waals surface area contributed by atoms with E-state index in [1.165, 1.54) is 13.0 Å². The molecule has 0 saturated heterocycles. The maximum Gasteiger partial charge on any atom is 0.278 e. The third-order valence-corrected chi connectivity index (χ3v) is 4.79. The van der Waals surface area contributed by atoms with Crippen LogP contribution >= 0.6 is 0 Å². The fourth-order valence-electron chi connectivity index (χ4n) is 3.45. The highest BCUT2D eigenvalue weighted by Gasteiger charge is 2.38. The fourth-order valence-corrected chi connectivity index (χ4v) is 3.45. The number of imide groups is 1. The number of anilines is 2. The number of nitrogens with one attached hydrogen (secondary N) is 2. The summed E-state index contributed by atoms with van der Waals surface area (Å²) in [5.41, 5.74) is 2.11. The van der Waals surface area contributed by atoms with Crippen LogP contribution in [0.3, 0.4) is 0 Å². The molecule has 8 nitrogen and oxygen atoms in total. The standard InChI is InChI=1S/C25H27N3O5/c1-5-14-28-24(30)22(17-8-10-18(11-9-17)26-16(4)29)23(25(28)31)27-19-12-13-20(32-6-2)21(15-19)33-7-3/h5,8-13,15,27H,1,6-7,14H2,2-4H3,(H,26,29). The van der Waals surface area contributed by atoms with Crippen LogP contribution in [0.15, 0.2) is 60.8 Å². The predicted octanol–water partition coefficient (Wildman–Crippen LogP) is 3.82. The minimum atomic E-state index is -0.451. The minimum absolute atomic E-state index is 0.0871. The van der Waals surface area contributed by atoms with Gasteiger partial charge in [0.15, 0.2) is 11.5 Å². The van der Waals surface area contributed by atoms with Crippen LogP contribution in [-0.4, -0.2) is 42.4 Å². The van der Waals surface area contributed by atoms with Gasteiger partial charge in [-0.25, -0.2) is 0 Å². The normalized spacial score (nSPS) is 13.2. The monoisotopic (exact) mass is 449 g/mol. The first kappa shape index (κ1) is 23.6. The van der Waals surface area contributed by atoms with Gasteiger partial charge in [-0.2, -0.15) is 0 Å². The van der Waals surface area contributed by atoms with E-state index in [1.807, 2.05) is 13.8 Å². The summed E-state index contributed by atoms with van der Waals surface area (Å²) in [5, 5.41) is 5.79. The second kappa shape index (κ2) is 10.5. The zero-order chi connectivity index (χ0) is 24.0. The molecule has 172 valence electrons. The number of benzene rings is 2. The van der Waals surface area contributed by atoms with Crippen LogP contribution in [0.4, 0.5) is 11.4 Å². The summed E-state index contributed by atoms with van der Waals surface area (Å²) < 4.78 is 11.3. The second-order valence-electron chi connectivity index (χ2n) is 7.17. The zero-order valence-electron chi connectivity index (χ0n) is 18.9. The van der Waals surface area contributed by atoms with Gasteiger partial charge < -0.3 is 20.1 Å². The maximum atomic E-state index is 13.1. The average molecular weight is 450 g/mol. The summed E-state index contributed by atoms with van der Waals surface area (Å²) in [6.45, 7) is 9.83. The largest absolute Gasteiger partial charge is 0.490 e. The number of ether oxygens (including phenoxy) is 2. The molecule has 2 aromatic rings. The van der Waals surface area contributed by atoms with Crippen LogP contribution in [0.25, 0.3) is 5.57 Å². The van der Waals surface area contributed by atoms with E-state index in [9.17, 15) is 14.4 Å². The van der Waals surface area contributed by atoms with Crippen molar-refractivity contribution in [2.45, 2.75) is 20.8 Å². The number of nitrogens with zero attached hydrogens (tertiary/aromatic N) is 1. The molecule has 0 atom stereocenters. The van der Waals surface area contributed by atoms with Crippen molar-refractivity contribution in [3.8, 4) is 11.5 Å². The number of rotatable bonds is 10. The Bertz CT molecular complexity index is 1110. The number of carbonyl (C=O) groups excluding carboxylic acids is 3. The lowest BCUT2D eigenvalue weighted by atomic mass is 10.0. The quantitative estimate of drug-likeness (QED) is 0.423. The summed E-state index contributed by atoms with van der Waals surface area (Å²) in [4.78, 5) is 38.7. The molecule has 3 amide bonds. The summed E-state index contributed by atoms with van der Waals surface area (Å²) in [7, 11) is 0. The molecular weight excluding hydrogens is 422 g/mol. The Morgan fingerprint density at radius 3 is 2.21 bits per heavy atom. The van der Waals surface area contributed by atoms with Crippen LogP contribution in [0.1, 0.15) is 26.3 Å². The van der Waals surface area contributed by atoms with Crippen molar-refractivity contribution in [1.29, 1.82) is 0 Å². The topological polar surface area (TPSA) is 97.0 Å². The van der Waals surface area contributed by atoms with Crippen molar-refractivity contribution in [2.24, 2.45) is 0 Å². The molecule has 0 aromatic heterocycles. The smallest absolute Gasteiger partial charge is 0.278 e. The van der Waals surface area contributed by atoms with Crippen molar-refractivity contribution < 1.29 is 23.9 Å². The molecule has 1 aliphatic heterocycles. The Hall–Kier alpha value is -4.07. The van der Waals surface area contributed by atoms with Crippen molar-refractivity contribution in [1.82, 2.24) is 4.90 Å². The van der Waals surface area contributed by atoms with Gasteiger partial charge in [0.2, 0.25) is 5.91 Å². The molecular formula is C25H27N3O5. The lowest BCUT2D eigenvalue weighted by molar-refractivity contribution is -0.136.